The first kappa shape index (κ1) is 14.7. The van der Waals surface area contributed by atoms with Crippen molar-refractivity contribution in [2.75, 3.05) is 33.2 Å². The van der Waals surface area contributed by atoms with E-state index in [-0.39, 0.29) is 11.8 Å². The van der Waals surface area contributed by atoms with Crippen LogP contribution >= 0.6 is 15.9 Å². The first-order chi connectivity index (χ1) is 9.08. The lowest BCUT2D eigenvalue weighted by atomic mass is 10.0. The number of Topliss-reactive ketones (excluding diaryl/α,β-unsaturated/α-hetero) is 1. The minimum atomic E-state index is -0.0346. The van der Waals surface area contributed by atoms with Gasteiger partial charge in [-0.25, -0.2) is 0 Å². The van der Waals surface area contributed by atoms with Crippen LogP contribution in [-0.4, -0.2) is 54.9 Å². The molecule has 0 amide bonds. The van der Waals surface area contributed by atoms with Gasteiger partial charge in [-0.2, -0.15) is 0 Å². The van der Waals surface area contributed by atoms with Gasteiger partial charge in [-0.05, 0) is 39.1 Å². The van der Waals surface area contributed by atoms with Crippen molar-refractivity contribution in [2.45, 2.75) is 19.4 Å². The highest BCUT2D eigenvalue weighted by molar-refractivity contribution is 9.10. The van der Waals surface area contributed by atoms with E-state index in [1.807, 2.05) is 31.2 Å². The first-order valence-electron chi connectivity index (χ1n) is 6.80. The van der Waals surface area contributed by atoms with E-state index in [1.54, 1.807) is 0 Å². The summed E-state index contributed by atoms with van der Waals surface area (Å²) >= 11 is 3.40. The van der Waals surface area contributed by atoms with Gasteiger partial charge >= 0.3 is 0 Å². The molecule has 1 aromatic carbocycles. The molecule has 1 atom stereocenters. The maximum Gasteiger partial charge on any atom is 0.179 e. The molecule has 1 fully saturated rings. The summed E-state index contributed by atoms with van der Waals surface area (Å²) in [6, 6.07) is 7.61. The van der Waals surface area contributed by atoms with Gasteiger partial charge < -0.3 is 4.90 Å². The SMILES string of the molecule is CC(C(=O)c1ccc(Br)cc1)N1CCCN(C)CC1. The Morgan fingerprint density at radius 2 is 1.84 bits per heavy atom. The highest BCUT2D eigenvalue weighted by Gasteiger charge is 2.23. The van der Waals surface area contributed by atoms with Crippen LogP contribution in [0.4, 0.5) is 0 Å². The maximum absolute atomic E-state index is 12.5. The van der Waals surface area contributed by atoms with Crippen molar-refractivity contribution >= 4 is 21.7 Å². The molecule has 1 saturated heterocycles. The summed E-state index contributed by atoms with van der Waals surface area (Å²) in [6.45, 7) is 6.16. The Hall–Kier alpha value is -0.710. The van der Waals surface area contributed by atoms with Crippen molar-refractivity contribution < 1.29 is 4.79 Å². The fraction of sp³-hybridized carbons (Fsp3) is 0.533. The predicted octanol–water partition coefficient (Wildman–Crippen LogP) is 2.66. The monoisotopic (exact) mass is 324 g/mol. The average Bonchev–Trinajstić information content (AvgIpc) is 2.63. The number of hydrogen-bond acceptors (Lipinski definition) is 3. The molecule has 3 nitrogen and oxygen atoms in total. The smallest absolute Gasteiger partial charge is 0.179 e. The number of hydrogen-bond donors (Lipinski definition) is 0. The fourth-order valence-corrected chi connectivity index (χ4v) is 2.74. The third kappa shape index (κ3) is 3.88. The summed E-state index contributed by atoms with van der Waals surface area (Å²) in [5.41, 5.74) is 0.799. The number of likely N-dealkylation sites (N-methyl/N-ethyl adjacent to an activating group) is 1. The molecule has 19 heavy (non-hydrogen) atoms. The van der Waals surface area contributed by atoms with E-state index in [2.05, 4.69) is 32.8 Å². The Kier molecular flexibility index (Phi) is 5.13. The highest BCUT2D eigenvalue weighted by Crippen LogP contribution is 2.15. The Morgan fingerprint density at radius 3 is 2.53 bits per heavy atom. The van der Waals surface area contributed by atoms with E-state index in [4.69, 9.17) is 0 Å². The van der Waals surface area contributed by atoms with Crippen LogP contribution < -0.4 is 0 Å². The van der Waals surface area contributed by atoms with E-state index in [1.165, 1.54) is 0 Å². The average molecular weight is 325 g/mol. The standard InChI is InChI=1S/C15H21BrN2O/c1-12(18-9-3-8-17(2)10-11-18)15(19)13-4-6-14(16)7-5-13/h4-7,12H,3,8-11H2,1-2H3. The summed E-state index contributed by atoms with van der Waals surface area (Å²) < 4.78 is 1.01. The molecule has 1 aliphatic rings. The largest absolute Gasteiger partial charge is 0.305 e. The molecule has 0 spiro atoms. The third-order valence-electron chi connectivity index (χ3n) is 3.81. The van der Waals surface area contributed by atoms with Gasteiger partial charge in [0.05, 0.1) is 6.04 Å². The van der Waals surface area contributed by atoms with E-state index in [9.17, 15) is 4.79 Å². The maximum atomic E-state index is 12.5. The number of ketones is 1. The Bertz CT molecular complexity index is 432. The second-order valence-electron chi connectivity index (χ2n) is 5.24. The lowest BCUT2D eigenvalue weighted by Gasteiger charge is -2.26. The van der Waals surface area contributed by atoms with Crippen molar-refractivity contribution in [3.8, 4) is 0 Å². The van der Waals surface area contributed by atoms with Crippen LogP contribution in [0, 0.1) is 0 Å². The normalized spacial score (nSPS) is 19.9. The number of rotatable bonds is 3. The van der Waals surface area contributed by atoms with Crippen LogP contribution in [-0.2, 0) is 0 Å². The van der Waals surface area contributed by atoms with Crippen molar-refractivity contribution in [1.82, 2.24) is 9.80 Å². The van der Waals surface area contributed by atoms with Crippen molar-refractivity contribution in [3.05, 3.63) is 34.3 Å². The van der Waals surface area contributed by atoms with E-state index in [0.717, 1.165) is 42.6 Å². The molecule has 0 aliphatic carbocycles. The van der Waals surface area contributed by atoms with Gasteiger partial charge in [0.1, 0.15) is 0 Å². The Morgan fingerprint density at radius 1 is 1.16 bits per heavy atom. The van der Waals surface area contributed by atoms with Gasteiger partial charge in [-0.1, -0.05) is 28.1 Å². The first-order valence-corrected chi connectivity index (χ1v) is 7.59. The van der Waals surface area contributed by atoms with E-state index >= 15 is 0 Å². The molecule has 4 heteroatoms. The minimum absolute atomic E-state index is 0.0346. The molecule has 2 rings (SSSR count). The van der Waals surface area contributed by atoms with E-state index < -0.39 is 0 Å². The lowest BCUT2D eigenvalue weighted by molar-refractivity contribution is 0.0843. The zero-order chi connectivity index (χ0) is 13.8. The Labute approximate surface area is 123 Å². The molecule has 0 saturated carbocycles. The van der Waals surface area contributed by atoms with Gasteiger partial charge in [-0.3, -0.25) is 9.69 Å². The van der Waals surface area contributed by atoms with Crippen molar-refractivity contribution in [1.29, 1.82) is 0 Å². The number of nitrogens with zero attached hydrogens (tertiary/aromatic N) is 2. The van der Waals surface area contributed by atoms with Gasteiger partial charge in [0, 0.05) is 29.7 Å². The van der Waals surface area contributed by atoms with Gasteiger partial charge in [-0.15, -0.1) is 0 Å². The summed E-state index contributed by atoms with van der Waals surface area (Å²) in [5.74, 6) is 0.219. The fourth-order valence-electron chi connectivity index (χ4n) is 2.47. The van der Waals surface area contributed by atoms with Gasteiger partial charge in [0.25, 0.3) is 0 Å². The summed E-state index contributed by atoms with van der Waals surface area (Å²) in [6.07, 6.45) is 1.13. The molecule has 1 aliphatic heterocycles. The molecule has 0 bridgehead atoms. The molecule has 1 aromatic rings. The molecule has 0 radical (unpaired) electrons. The lowest BCUT2D eigenvalue weighted by Crippen LogP contribution is -2.41. The zero-order valence-electron chi connectivity index (χ0n) is 11.6. The topological polar surface area (TPSA) is 23.6 Å². The number of carbonyl (C=O) groups is 1. The van der Waals surface area contributed by atoms with E-state index in [0.29, 0.717) is 0 Å². The molecular weight excluding hydrogens is 304 g/mol. The summed E-state index contributed by atoms with van der Waals surface area (Å²) in [4.78, 5) is 17.1. The van der Waals surface area contributed by atoms with Crippen LogP contribution in [0.2, 0.25) is 0 Å². The zero-order valence-corrected chi connectivity index (χ0v) is 13.2. The summed E-state index contributed by atoms with van der Waals surface area (Å²) in [5, 5.41) is 0. The van der Waals surface area contributed by atoms with Gasteiger partial charge in [0.15, 0.2) is 5.78 Å². The second-order valence-corrected chi connectivity index (χ2v) is 6.16. The van der Waals surface area contributed by atoms with Crippen LogP contribution in [0.1, 0.15) is 23.7 Å². The minimum Gasteiger partial charge on any atom is -0.305 e. The molecule has 1 unspecified atom stereocenters. The van der Waals surface area contributed by atoms with Gasteiger partial charge in [0.2, 0.25) is 0 Å². The number of benzene rings is 1. The molecule has 1 heterocycles. The summed E-state index contributed by atoms with van der Waals surface area (Å²) in [7, 11) is 2.14. The molecule has 104 valence electrons. The van der Waals surface area contributed by atoms with Crippen molar-refractivity contribution in [2.24, 2.45) is 0 Å². The molecule has 0 aromatic heterocycles. The predicted molar refractivity (Wildman–Crippen MR) is 81.6 cm³/mol. The van der Waals surface area contributed by atoms with Crippen LogP contribution in [0.25, 0.3) is 0 Å². The molecular formula is C15H21BrN2O. The number of halogens is 1. The highest BCUT2D eigenvalue weighted by atomic mass is 79.9. The number of carbonyl (C=O) groups excluding carboxylic acids is 1. The van der Waals surface area contributed by atoms with Crippen LogP contribution in [0.5, 0.6) is 0 Å². The third-order valence-corrected chi connectivity index (χ3v) is 4.34. The van der Waals surface area contributed by atoms with Crippen molar-refractivity contribution in [3.63, 3.8) is 0 Å². The van der Waals surface area contributed by atoms with Crippen LogP contribution in [0.15, 0.2) is 28.7 Å². The van der Waals surface area contributed by atoms with Crippen LogP contribution in [0.3, 0.4) is 0 Å². The Balaban J connectivity index is 2.03. The second kappa shape index (κ2) is 6.64. The quantitative estimate of drug-likeness (QED) is 0.799. The molecule has 0 N–H and O–H groups in total.